The maximum absolute atomic E-state index is 6.17. The molecule has 0 aliphatic heterocycles. The number of aryl methyl sites for hydroxylation is 1. The summed E-state index contributed by atoms with van der Waals surface area (Å²) in [7, 11) is -1.57. The zero-order valence-electron chi connectivity index (χ0n) is 12.5. The number of hydrogen-bond acceptors (Lipinski definition) is 2. The highest BCUT2D eigenvalue weighted by atomic mass is 32.2. The van der Waals surface area contributed by atoms with Crippen molar-refractivity contribution in [2.45, 2.75) is 50.7 Å². The van der Waals surface area contributed by atoms with Crippen LogP contribution in [-0.4, -0.2) is 20.7 Å². The highest BCUT2D eigenvalue weighted by Crippen LogP contribution is 2.36. The van der Waals surface area contributed by atoms with Crippen LogP contribution >= 0.6 is 11.8 Å². The molecule has 0 heterocycles. The minimum atomic E-state index is -1.57. The van der Waals surface area contributed by atoms with E-state index in [2.05, 4.69) is 65.1 Å². The van der Waals surface area contributed by atoms with E-state index in [1.54, 1.807) is 0 Å². The molecule has 0 unspecified atom stereocenters. The van der Waals surface area contributed by atoms with Crippen LogP contribution in [0.3, 0.4) is 0 Å². The largest absolute Gasteiger partial charge is 0.416 e. The van der Waals surface area contributed by atoms with Gasteiger partial charge in [-0.15, -0.1) is 11.8 Å². The van der Waals surface area contributed by atoms with Crippen LogP contribution in [0.1, 0.15) is 26.3 Å². The molecule has 0 bridgehead atoms. The van der Waals surface area contributed by atoms with Gasteiger partial charge >= 0.3 is 0 Å². The first-order valence-corrected chi connectivity index (χ1v) is 10.5. The molecule has 0 saturated heterocycles. The summed E-state index contributed by atoms with van der Waals surface area (Å²) in [5.74, 6) is 1.04. The summed E-state index contributed by atoms with van der Waals surface area (Å²) >= 11 is 1.90. The Morgan fingerprint density at radius 3 is 2.33 bits per heavy atom. The van der Waals surface area contributed by atoms with Crippen LogP contribution in [0, 0.1) is 6.92 Å². The number of benzene rings is 1. The monoisotopic (exact) mass is 282 g/mol. The summed E-state index contributed by atoms with van der Waals surface area (Å²) in [6.45, 7) is 14.5. The van der Waals surface area contributed by atoms with Crippen molar-refractivity contribution in [3.8, 4) is 0 Å². The van der Waals surface area contributed by atoms with Crippen molar-refractivity contribution in [3.05, 3.63) is 29.8 Å². The Hall–Kier alpha value is -0.253. The minimum absolute atomic E-state index is 0.306. The number of rotatable bonds is 5. The van der Waals surface area contributed by atoms with Gasteiger partial charge in [0.05, 0.1) is 0 Å². The third kappa shape index (κ3) is 4.45. The zero-order valence-corrected chi connectivity index (χ0v) is 14.4. The lowest BCUT2D eigenvalue weighted by atomic mass is 10.2. The van der Waals surface area contributed by atoms with Crippen molar-refractivity contribution < 1.29 is 4.43 Å². The van der Waals surface area contributed by atoms with Gasteiger partial charge in [0.1, 0.15) is 0 Å². The Balaban J connectivity index is 2.38. The normalized spacial score (nSPS) is 12.8. The fourth-order valence-electron chi connectivity index (χ4n) is 1.38. The Morgan fingerprint density at radius 2 is 1.78 bits per heavy atom. The van der Waals surface area contributed by atoms with Crippen molar-refractivity contribution in [1.29, 1.82) is 0 Å². The van der Waals surface area contributed by atoms with E-state index in [4.69, 9.17) is 4.43 Å². The predicted octanol–water partition coefficient (Wildman–Crippen LogP) is 5.11. The first kappa shape index (κ1) is 15.8. The zero-order chi connectivity index (χ0) is 13.8. The molecule has 1 aromatic carbocycles. The van der Waals surface area contributed by atoms with Crippen LogP contribution in [-0.2, 0) is 4.43 Å². The highest BCUT2D eigenvalue weighted by Gasteiger charge is 2.36. The van der Waals surface area contributed by atoms with Gasteiger partial charge in [-0.05, 0) is 36.7 Å². The van der Waals surface area contributed by atoms with E-state index in [9.17, 15) is 0 Å². The maximum Gasteiger partial charge on any atom is 0.192 e. The van der Waals surface area contributed by atoms with Gasteiger partial charge in [-0.1, -0.05) is 39.0 Å². The molecule has 3 heteroatoms. The lowest BCUT2D eigenvalue weighted by Gasteiger charge is -2.36. The second-order valence-electron chi connectivity index (χ2n) is 6.22. The van der Waals surface area contributed by atoms with Crippen molar-refractivity contribution in [3.63, 3.8) is 0 Å². The molecule has 1 rings (SSSR count). The summed E-state index contributed by atoms with van der Waals surface area (Å²) in [4.78, 5) is 1.37. The molecule has 1 aromatic rings. The van der Waals surface area contributed by atoms with Crippen molar-refractivity contribution in [1.82, 2.24) is 0 Å². The Kier molecular flexibility index (Phi) is 5.50. The van der Waals surface area contributed by atoms with Crippen LogP contribution in [0.25, 0.3) is 0 Å². The third-order valence-corrected chi connectivity index (χ3v) is 9.38. The molecule has 0 fully saturated rings. The van der Waals surface area contributed by atoms with Gasteiger partial charge in [0.2, 0.25) is 0 Å². The molecule has 0 N–H and O–H groups in total. The number of hydrogen-bond donors (Lipinski definition) is 0. The summed E-state index contributed by atoms with van der Waals surface area (Å²) < 4.78 is 6.17. The quantitative estimate of drug-likeness (QED) is 0.422. The van der Waals surface area contributed by atoms with Crippen LogP contribution in [0.5, 0.6) is 0 Å². The Labute approximate surface area is 117 Å². The molecule has 0 atom stereocenters. The standard InChI is InChI=1S/C15H26OSSi/c1-13-9-7-8-10-14(13)17-12-11-16-18(5,6)15(2,3)4/h7-10H,11-12H2,1-6H3. The van der Waals surface area contributed by atoms with Crippen LogP contribution in [0.2, 0.25) is 18.1 Å². The highest BCUT2D eigenvalue weighted by molar-refractivity contribution is 7.99. The Bertz CT molecular complexity index is 382. The van der Waals surface area contributed by atoms with E-state index in [0.29, 0.717) is 5.04 Å². The molecule has 0 saturated carbocycles. The van der Waals surface area contributed by atoms with Gasteiger partial charge in [0, 0.05) is 17.3 Å². The topological polar surface area (TPSA) is 9.23 Å². The second kappa shape index (κ2) is 6.26. The maximum atomic E-state index is 6.17. The van der Waals surface area contributed by atoms with E-state index in [1.807, 2.05) is 11.8 Å². The fraction of sp³-hybridized carbons (Fsp3) is 0.600. The first-order chi connectivity index (χ1) is 8.24. The predicted molar refractivity (Wildman–Crippen MR) is 85.1 cm³/mol. The van der Waals surface area contributed by atoms with Crippen molar-refractivity contribution in [2.75, 3.05) is 12.4 Å². The summed E-state index contributed by atoms with van der Waals surface area (Å²) in [6.07, 6.45) is 0. The molecule has 102 valence electrons. The third-order valence-electron chi connectivity index (χ3n) is 3.70. The molecule has 0 amide bonds. The fourth-order valence-corrected chi connectivity index (χ4v) is 3.43. The van der Waals surface area contributed by atoms with Gasteiger partial charge in [-0.2, -0.15) is 0 Å². The van der Waals surface area contributed by atoms with Crippen molar-refractivity contribution in [2.24, 2.45) is 0 Å². The van der Waals surface area contributed by atoms with Crippen molar-refractivity contribution >= 4 is 20.1 Å². The van der Waals surface area contributed by atoms with E-state index in [-0.39, 0.29) is 0 Å². The van der Waals surface area contributed by atoms with Gasteiger partial charge in [-0.25, -0.2) is 0 Å². The van der Waals surface area contributed by atoms with Gasteiger partial charge < -0.3 is 4.43 Å². The van der Waals surface area contributed by atoms with E-state index in [1.165, 1.54) is 10.5 Å². The molecule has 1 nitrogen and oxygen atoms in total. The SMILES string of the molecule is Cc1ccccc1SCCO[Si](C)(C)C(C)(C)C. The average molecular weight is 283 g/mol. The molecule has 0 radical (unpaired) electrons. The van der Waals surface area contributed by atoms with Crippen LogP contribution < -0.4 is 0 Å². The van der Waals surface area contributed by atoms with Gasteiger partial charge in [0.25, 0.3) is 0 Å². The molecule has 0 aliphatic carbocycles. The first-order valence-electron chi connectivity index (χ1n) is 6.56. The van der Waals surface area contributed by atoms with E-state index < -0.39 is 8.32 Å². The summed E-state index contributed by atoms with van der Waals surface area (Å²) in [5.41, 5.74) is 1.36. The molecular weight excluding hydrogens is 256 g/mol. The Morgan fingerprint density at radius 1 is 1.17 bits per heavy atom. The smallest absolute Gasteiger partial charge is 0.192 e. The van der Waals surface area contributed by atoms with Gasteiger partial charge in [0.15, 0.2) is 8.32 Å². The molecular formula is C15H26OSSi. The summed E-state index contributed by atoms with van der Waals surface area (Å²) in [6, 6.07) is 8.54. The van der Waals surface area contributed by atoms with E-state index >= 15 is 0 Å². The molecule has 18 heavy (non-hydrogen) atoms. The van der Waals surface area contributed by atoms with E-state index in [0.717, 1.165) is 12.4 Å². The lowest BCUT2D eigenvalue weighted by Crippen LogP contribution is -2.41. The number of thioether (sulfide) groups is 1. The van der Waals surface area contributed by atoms with Crippen LogP contribution in [0.4, 0.5) is 0 Å². The average Bonchev–Trinajstić information content (AvgIpc) is 2.25. The minimum Gasteiger partial charge on any atom is -0.416 e. The van der Waals surface area contributed by atoms with Gasteiger partial charge in [-0.3, -0.25) is 0 Å². The second-order valence-corrected chi connectivity index (χ2v) is 12.2. The summed E-state index contributed by atoms with van der Waals surface area (Å²) in [5, 5.41) is 0.306. The molecule has 0 aliphatic rings. The molecule has 0 aromatic heterocycles. The molecule has 0 spiro atoms. The van der Waals surface area contributed by atoms with Crippen LogP contribution in [0.15, 0.2) is 29.2 Å². The lowest BCUT2D eigenvalue weighted by molar-refractivity contribution is 0.311.